The molecule has 5 heteroatoms. The molecule has 2 saturated heterocycles. The van der Waals surface area contributed by atoms with Crippen LogP contribution in [0.1, 0.15) is 25.7 Å². The maximum Gasteiger partial charge on any atom is 0.223 e. The van der Waals surface area contributed by atoms with Gasteiger partial charge in [-0.05, 0) is 25.9 Å². The molecule has 2 fully saturated rings. The van der Waals surface area contributed by atoms with Gasteiger partial charge in [0.15, 0.2) is 0 Å². The molecule has 0 atom stereocenters. The van der Waals surface area contributed by atoms with Crippen LogP contribution in [0, 0.1) is 0 Å². The number of amides is 1. The van der Waals surface area contributed by atoms with Gasteiger partial charge in [-0.15, -0.1) is 12.4 Å². The molecule has 0 aromatic rings. The standard InChI is InChI=1S/C12H23N3O.ClH/c16-12(15-10-5-13-6-11-15)4-9-14-7-2-1-3-8-14;/h13H,1-11H2;1H. The third-order valence-electron chi connectivity index (χ3n) is 3.56. The zero-order valence-electron chi connectivity index (χ0n) is 10.5. The van der Waals surface area contributed by atoms with E-state index in [2.05, 4.69) is 10.2 Å². The van der Waals surface area contributed by atoms with E-state index in [-0.39, 0.29) is 12.4 Å². The number of nitrogens with one attached hydrogen (secondary N) is 1. The van der Waals surface area contributed by atoms with E-state index in [4.69, 9.17) is 0 Å². The zero-order valence-corrected chi connectivity index (χ0v) is 11.3. The molecule has 4 nitrogen and oxygen atoms in total. The van der Waals surface area contributed by atoms with Gasteiger partial charge >= 0.3 is 0 Å². The lowest BCUT2D eigenvalue weighted by atomic mass is 10.1. The Morgan fingerprint density at radius 2 is 1.65 bits per heavy atom. The lowest BCUT2D eigenvalue weighted by Gasteiger charge is -2.30. The number of piperazine rings is 1. The van der Waals surface area contributed by atoms with Crippen molar-refractivity contribution in [3.05, 3.63) is 0 Å². The molecule has 100 valence electrons. The van der Waals surface area contributed by atoms with Gasteiger partial charge in [0.1, 0.15) is 0 Å². The first-order valence-corrected chi connectivity index (χ1v) is 6.57. The Labute approximate surface area is 110 Å². The number of piperidine rings is 1. The van der Waals surface area contributed by atoms with E-state index in [1.165, 1.54) is 32.4 Å². The summed E-state index contributed by atoms with van der Waals surface area (Å²) < 4.78 is 0. The Kier molecular flexibility index (Phi) is 6.85. The summed E-state index contributed by atoms with van der Waals surface area (Å²) in [5, 5.41) is 3.27. The van der Waals surface area contributed by atoms with Crippen LogP contribution in [0.4, 0.5) is 0 Å². The predicted octanol–water partition coefficient (Wildman–Crippen LogP) is 0.716. The number of halogens is 1. The Balaban J connectivity index is 0.00000144. The number of hydrogen-bond donors (Lipinski definition) is 1. The molecule has 1 amide bonds. The second-order valence-corrected chi connectivity index (χ2v) is 4.78. The summed E-state index contributed by atoms with van der Waals surface area (Å²) in [6, 6.07) is 0. The first-order chi connectivity index (χ1) is 7.86. The Morgan fingerprint density at radius 1 is 1.00 bits per heavy atom. The minimum atomic E-state index is 0. The Bertz CT molecular complexity index is 226. The number of nitrogens with zero attached hydrogens (tertiary/aromatic N) is 2. The summed E-state index contributed by atoms with van der Waals surface area (Å²) >= 11 is 0. The molecular weight excluding hydrogens is 238 g/mol. The Morgan fingerprint density at radius 3 is 2.29 bits per heavy atom. The van der Waals surface area contributed by atoms with Crippen LogP contribution < -0.4 is 5.32 Å². The van der Waals surface area contributed by atoms with E-state index in [1.54, 1.807) is 0 Å². The van der Waals surface area contributed by atoms with E-state index in [0.717, 1.165) is 32.7 Å². The molecule has 2 aliphatic heterocycles. The van der Waals surface area contributed by atoms with E-state index < -0.39 is 0 Å². The van der Waals surface area contributed by atoms with Crippen molar-refractivity contribution >= 4 is 18.3 Å². The van der Waals surface area contributed by atoms with Crippen molar-refractivity contribution in [1.29, 1.82) is 0 Å². The van der Waals surface area contributed by atoms with Crippen molar-refractivity contribution in [2.45, 2.75) is 25.7 Å². The highest BCUT2D eigenvalue weighted by Gasteiger charge is 2.17. The normalized spacial score (nSPS) is 22.0. The number of carbonyl (C=O) groups excluding carboxylic acids is 1. The molecule has 0 bridgehead atoms. The molecule has 17 heavy (non-hydrogen) atoms. The molecule has 1 N–H and O–H groups in total. The van der Waals surface area contributed by atoms with Gasteiger partial charge in [-0.1, -0.05) is 6.42 Å². The topological polar surface area (TPSA) is 35.6 Å². The lowest BCUT2D eigenvalue weighted by Crippen LogP contribution is -2.47. The van der Waals surface area contributed by atoms with Crippen molar-refractivity contribution in [3.8, 4) is 0 Å². The largest absolute Gasteiger partial charge is 0.340 e. The summed E-state index contributed by atoms with van der Waals surface area (Å²) in [7, 11) is 0. The van der Waals surface area contributed by atoms with E-state index >= 15 is 0 Å². The summed E-state index contributed by atoms with van der Waals surface area (Å²) in [5.74, 6) is 0.340. The van der Waals surface area contributed by atoms with E-state index in [1.807, 2.05) is 4.90 Å². The molecule has 0 saturated carbocycles. The van der Waals surface area contributed by atoms with Crippen LogP contribution in [0.2, 0.25) is 0 Å². The fraction of sp³-hybridized carbons (Fsp3) is 0.917. The molecule has 0 unspecified atom stereocenters. The van der Waals surface area contributed by atoms with Gasteiger partial charge in [0, 0.05) is 39.1 Å². The molecule has 0 aromatic heterocycles. The lowest BCUT2D eigenvalue weighted by molar-refractivity contribution is -0.132. The summed E-state index contributed by atoms with van der Waals surface area (Å²) in [6.07, 6.45) is 4.69. The van der Waals surface area contributed by atoms with Crippen molar-refractivity contribution in [3.63, 3.8) is 0 Å². The van der Waals surface area contributed by atoms with Gasteiger partial charge in [-0.25, -0.2) is 0 Å². The molecule has 0 aromatic carbocycles. The van der Waals surface area contributed by atoms with Gasteiger partial charge in [0.2, 0.25) is 5.91 Å². The first kappa shape index (κ1) is 14.7. The molecule has 0 spiro atoms. The van der Waals surface area contributed by atoms with Gasteiger partial charge in [0.05, 0.1) is 0 Å². The third-order valence-corrected chi connectivity index (χ3v) is 3.56. The first-order valence-electron chi connectivity index (χ1n) is 6.57. The SMILES string of the molecule is Cl.O=C(CCN1CCCCC1)N1CCNCC1. The molecule has 2 rings (SSSR count). The second kappa shape index (κ2) is 7.90. The number of rotatable bonds is 3. The van der Waals surface area contributed by atoms with Gasteiger partial charge in [-0.3, -0.25) is 4.79 Å². The number of likely N-dealkylation sites (tertiary alicyclic amines) is 1. The van der Waals surface area contributed by atoms with E-state index in [9.17, 15) is 4.79 Å². The third kappa shape index (κ3) is 4.82. The van der Waals surface area contributed by atoms with Crippen LogP contribution in [0.25, 0.3) is 0 Å². The van der Waals surface area contributed by atoms with E-state index in [0.29, 0.717) is 12.3 Å². The average molecular weight is 262 g/mol. The van der Waals surface area contributed by atoms with Crippen molar-refractivity contribution in [2.24, 2.45) is 0 Å². The van der Waals surface area contributed by atoms with Crippen LogP contribution in [0.5, 0.6) is 0 Å². The number of hydrogen-bond acceptors (Lipinski definition) is 3. The van der Waals surface area contributed by atoms with Crippen LogP contribution in [0.15, 0.2) is 0 Å². The highest BCUT2D eigenvalue weighted by molar-refractivity contribution is 5.85. The number of carbonyl (C=O) groups is 1. The van der Waals surface area contributed by atoms with Gasteiger partial charge < -0.3 is 15.1 Å². The molecule has 0 radical (unpaired) electrons. The Hall–Kier alpha value is -0.320. The van der Waals surface area contributed by atoms with Crippen molar-refractivity contribution < 1.29 is 4.79 Å². The quantitative estimate of drug-likeness (QED) is 0.813. The second-order valence-electron chi connectivity index (χ2n) is 4.78. The summed E-state index contributed by atoms with van der Waals surface area (Å²) in [5.41, 5.74) is 0. The molecule has 2 heterocycles. The van der Waals surface area contributed by atoms with Crippen LogP contribution in [-0.2, 0) is 4.79 Å². The smallest absolute Gasteiger partial charge is 0.223 e. The van der Waals surface area contributed by atoms with Crippen molar-refractivity contribution in [1.82, 2.24) is 15.1 Å². The molecule has 0 aliphatic carbocycles. The molecular formula is C12H24ClN3O. The van der Waals surface area contributed by atoms with Crippen LogP contribution >= 0.6 is 12.4 Å². The highest BCUT2D eigenvalue weighted by atomic mass is 35.5. The monoisotopic (exact) mass is 261 g/mol. The average Bonchev–Trinajstić information content (AvgIpc) is 2.38. The van der Waals surface area contributed by atoms with Gasteiger partial charge in [-0.2, -0.15) is 0 Å². The predicted molar refractivity (Wildman–Crippen MR) is 71.6 cm³/mol. The molecule has 2 aliphatic rings. The maximum atomic E-state index is 11.9. The summed E-state index contributed by atoms with van der Waals surface area (Å²) in [4.78, 5) is 16.3. The maximum absolute atomic E-state index is 11.9. The zero-order chi connectivity index (χ0) is 11.2. The van der Waals surface area contributed by atoms with Gasteiger partial charge in [0.25, 0.3) is 0 Å². The fourth-order valence-electron chi connectivity index (χ4n) is 2.51. The minimum Gasteiger partial charge on any atom is -0.340 e. The fourth-order valence-corrected chi connectivity index (χ4v) is 2.51. The van der Waals surface area contributed by atoms with Crippen molar-refractivity contribution in [2.75, 3.05) is 45.8 Å². The summed E-state index contributed by atoms with van der Waals surface area (Å²) in [6.45, 7) is 7.02. The minimum absolute atomic E-state index is 0. The van der Waals surface area contributed by atoms with Crippen LogP contribution in [0.3, 0.4) is 0 Å². The van der Waals surface area contributed by atoms with Crippen LogP contribution in [-0.4, -0.2) is 61.5 Å². The highest BCUT2D eigenvalue weighted by Crippen LogP contribution is 2.09.